The third-order valence-electron chi connectivity index (χ3n) is 6.46. The minimum atomic E-state index is -0.509. The third kappa shape index (κ3) is 4.44. The number of hydrogen-bond acceptors (Lipinski definition) is 6. The van der Waals surface area contributed by atoms with Crippen molar-refractivity contribution in [3.8, 4) is 0 Å². The van der Waals surface area contributed by atoms with Crippen molar-refractivity contribution in [2.24, 2.45) is 5.73 Å². The normalized spacial score (nSPS) is 16.1. The number of amides is 2. The first kappa shape index (κ1) is 22.2. The summed E-state index contributed by atoms with van der Waals surface area (Å²) in [6.45, 7) is 0. The van der Waals surface area contributed by atoms with Gasteiger partial charge < -0.3 is 11.1 Å². The molecule has 0 aliphatic heterocycles. The number of hydrogen-bond donors (Lipinski definition) is 2. The maximum absolute atomic E-state index is 13.7. The molecule has 1 saturated carbocycles. The molecular formula is C24H26N4O3S2. The maximum atomic E-state index is 13.7. The molecule has 33 heavy (non-hydrogen) atoms. The van der Waals surface area contributed by atoms with E-state index in [1.54, 1.807) is 35.6 Å². The zero-order valence-electron chi connectivity index (χ0n) is 18.3. The highest BCUT2D eigenvalue weighted by atomic mass is 32.2. The number of rotatable bonds is 6. The molecule has 0 unspecified atom stereocenters. The van der Waals surface area contributed by atoms with Crippen LogP contribution in [0.4, 0.5) is 5.69 Å². The monoisotopic (exact) mass is 482 g/mol. The Morgan fingerprint density at radius 3 is 2.58 bits per heavy atom. The molecule has 0 radical (unpaired) electrons. The van der Waals surface area contributed by atoms with E-state index < -0.39 is 5.91 Å². The van der Waals surface area contributed by atoms with Gasteiger partial charge in [-0.25, -0.2) is 4.98 Å². The largest absolute Gasteiger partial charge is 0.366 e. The van der Waals surface area contributed by atoms with Gasteiger partial charge in [-0.05, 0) is 68.4 Å². The molecular weight excluding hydrogens is 456 g/mol. The number of aryl methyl sites for hydroxylation is 2. The van der Waals surface area contributed by atoms with E-state index in [1.165, 1.54) is 28.6 Å². The molecule has 2 aromatic heterocycles. The van der Waals surface area contributed by atoms with Crippen LogP contribution in [0.2, 0.25) is 0 Å². The number of nitrogens with zero attached hydrogens (tertiary/aromatic N) is 2. The molecule has 0 spiro atoms. The number of carbonyl (C=O) groups is 2. The smallest absolute Gasteiger partial charge is 0.263 e. The second kappa shape index (κ2) is 9.30. The average molecular weight is 483 g/mol. The number of anilines is 1. The second-order valence-electron chi connectivity index (χ2n) is 8.68. The summed E-state index contributed by atoms with van der Waals surface area (Å²) in [5.41, 5.74) is 7.52. The van der Waals surface area contributed by atoms with Crippen molar-refractivity contribution < 1.29 is 9.59 Å². The van der Waals surface area contributed by atoms with E-state index in [9.17, 15) is 14.4 Å². The predicted octanol–water partition coefficient (Wildman–Crippen LogP) is 4.28. The van der Waals surface area contributed by atoms with Crippen LogP contribution in [-0.2, 0) is 17.6 Å². The van der Waals surface area contributed by atoms with Crippen LogP contribution in [0, 0.1) is 0 Å². The summed E-state index contributed by atoms with van der Waals surface area (Å²) in [5.74, 6) is -0.553. The van der Waals surface area contributed by atoms with E-state index in [2.05, 4.69) is 5.32 Å². The molecule has 172 valence electrons. The Morgan fingerprint density at radius 2 is 1.85 bits per heavy atom. The molecule has 2 aliphatic carbocycles. The average Bonchev–Trinajstić information content (AvgIpc) is 3.46. The van der Waals surface area contributed by atoms with E-state index in [0.29, 0.717) is 16.4 Å². The highest BCUT2D eigenvalue weighted by Crippen LogP contribution is 2.37. The molecule has 9 heteroatoms. The number of fused-ring (bicyclic) bond motifs is 3. The van der Waals surface area contributed by atoms with Crippen molar-refractivity contribution in [1.29, 1.82) is 0 Å². The van der Waals surface area contributed by atoms with Crippen LogP contribution in [0.15, 0.2) is 34.2 Å². The van der Waals surface area contributed by atoms with Gasteiger partial charge in [0.05, 0.1) is 11.1 Å². The van der Waals surface area contributed by atoms with Gasteiger partial charge in [-0.15, -0.1) is 11.3 Å². The molecule has 3 N–H and O–H groups in total. The minimum Gasteiger partial charge on any atom is -0.366 e. The van der Waals surface area contributed by atoms with Gasteiger partial charge in [0.15, 0.2) is 5.16 Å². The predicted molar refractivity (Wildman–Crippen MR) is 132 cm³/mol. The van der Waals surface area contributed by atoms with Crippen LogP contribution >= 0.6 is 23.1 Å². The number of primary amides is 1. The number of aromatic nitrogens is 2. The lowest BCUT2D eigenvalue weighted by molar-refractivity contribution is -0.113. The highest BCUT2D eigenvalue weighted by molar-refractivity contribution is 7.99. The highest BCUT2D eigenvalue weighted by Gasteiger charge is 2.27. The molecule has 7 nitrogen and oxygen atoms in total. The summed E-state index contributed by atoms with van der Waals surface area (Å²) in [5, 5.41) is 4.28. The standard InChI is InChI=1S/C24H26N4O3S2/c25-21(30)14-9-11-15(12-10-14)26-19(29)13-32-24-27-22-20(17-7-3-4-8-18(17)33-22)23(31)28(24)16-5-1-2-6-16/h9-12,16H,1-8,13H2,(H2,25,30)(H,26,29). The van der Waals surface area contributed by atoms with Gasteiger partial charge in [-0.2, -0.15) is 0 Å². The van der Waals surface area contributed by atoms with E-state index in [0.717, 1.165) is 55.2 Å². The summed E-state index contributed by atoms with van der Waals surface area (Å²) >= 11 is 2.96. The number of thioether (sulfide) groups is 1. The number of carbonyl (C=O) groups excluding carboxylic acids is 2. The lowest BCUT2D eigenvalue weighted by atomic mass is 9.97. The van der Waals surface area contributed by atoms with E-state index in [4.69, 9.17) is 10.7 Å². The molecule has 2 aliphatic rings. The minimum absolute atomic E-state index is 0.0660. The lowest BCUT2D eigenvalue weighted by Gasteiger charge is -2.18. The molecule has 0 saturated heterocycles. The Balaban J connectivity index is 1.40. The Bertz CT molecular complexity index is 1270. The molecule has 1 aromatic carbocycles. The molecule has 2 heterocycles. The van der Waals surface area contributed by atoms with Crippen LogP contribution in [0.1, 0.15) is 65.4 Å². The van der Waals surface area contributed by atoms with Crippen LogP contribution in [0.5, 0.6) is 0 Å². The summed E-state index contributed by atoms with van der Waals surface area (Å²) < 4.78 is 1.87. The van der Waals surface area contributed by atoms with Crippen molar-refractivity contribution >= 4 is 50.8 Å². The Morgan fingerprint density at radius 1 is 1.12 bits per heavy atom. The Kier molecular flexibility index (Phi) is 6.25. The molecule has 3 aromatic rings. The summed E-state index contributed by atoms with van der Waals surface area (Å²) in [4.78, 5) is 44.5. The Hall–Kier alpha value is -2.65. The zero-order valence-corrected chi connectivity index (χ0v) is 19.9. The lowest BCUT2D eigenvalue weighted by Crippen LogP contribution is -2.27. The van der Waals surface area contributed by atoms with Crippen molar-refractivity contribution in [1.82, 2.24) is 9.55 Å². The van der Waals surface area contributed by atoms with Crippen molar-refractivity contribution in [3.05, 3.63) is 50.6 Å². The molecule has 0 bridgehead atoms. The first-order valence-corrected chi connectivity index (χ1v) is 13.2. The first-order valence-electron chi connectivity index (χ1n) is 11.4. The van der Waals surface area contributed by atoms with E-state index >= 15 is 0 Å². The third-order valence-corrected chi connectivity index (χ3v) is 8.60. The molecule has 0 atom stereocenters. The van der Waals surface area contributed by atoms with Crippen LogP contribution in [0.25, 0.3) is 10.2 Å². The second-order valence-corrected chi connectivity index (χ2v) is 10.7. The molecule has 2 amide bonds. The maximum Gasteiger partial charge on any atom is 0.263 e. The van der Waals surface area contributed by atoms with Crippen LogP contribution in [-0.4, -0.2) is 27.1 Å². The number of nitrogens with one attached hydrogen (secondary N) is 1. The Labute approximate surface area is 199 Å². The fourth-order valence-corrected chi connectivity index (χ4v) is 7.00. The fraction of sp³-hybridized carbons (Fsp3) is 0.417. The molecule has 1 fully saturated rings. The van der Waals surface area contributed by atoms with Gasteiger partial charge in [-0.1, -0.05) is 24.6 Å². The first-order chi connectivity index (χ1) is 16.0. The van der Waals surface area contributed by atoms with Gasteiger partial charge in [0.25, 0.3) is 5.56 Å². The topological polar surface area (TPSA) is 107 Å². The van der Waals surface area contributed by atoms with Gasteiger partial charge in [0, 0.05) is 22.2 Å². The van der Waals surface area contributed by atoms with Crippen molar-refractivity contribution in [2.45, 2.75) is 62.6 Å². The fourth-order valence-electron chi connectivity index (χ4n) is 4.83. The quantitative estimate of drug-likeness (QED) is 0.403. The zero-order chi connectivity index (χ0) is 22.9. The number of benzene rings is 1. The SMILES string of the molecule is NC(=O)c1ccc(NC(=O)CSc2nc3sc4c(c3c(=O)n2C2CCCC2)CCCC4)cc1. The van der Waals surface area contributed by atoms with E-state index in [1.807, 2.05) is 4.57 Å². The summed E-state index contributed by atoms with van der Waals surface area (Å²) in [7, 11) is 0. The van der Waals surface area contributed by atoms with Gasteiger partial charge in [0.1, 0.15) is 4.83 Å². The van der Waals surface area contributed by atoms with Crippen LogP contribution < -0.4 is 16.6 Å². The van der Waals surface area contributed by atoms with Crippen LogP contribution in [0.3, 0.4) is 0 Å². The number of nitrogens with two attached hydrogens (primary N) is 1. The van der Waals surface area contributed by atoms with Crippen molar-refractivity contribution in [2.75, 3.05) is 11.1 Å². The van der Waals surface area contributed by atoms with Crippen molar-refractivity contribution in [3.63, 3.8) is 0 Å². The summed E-state index contributed by atoms with van der Waals surface area (Å²) in [6, 6.07) is 6.61. The van der Waals surface area contributed by atoms with Gasteiger partial charge in [0.2, 0.25) is 11.8 Å². The molecule has 5 rings (SSSR count). The van der Waals surface area contributed by atoms with E-state index in [-0.39, 0.29) is 23.3 Å². The summed E-state index contributed by atoms with van der Waals surface area (Å²) in [6.07, 6.45) is 8.46. The number of thiophene rings is 1. The van der Waals surface area contributed by atoms with Gasteiger partial charge in [-0.3, -0.25) is 19.0 Å². The van der Waals surface area contributed by atoms with Gasteiger partial charge >= 0.3 is 0 Å².